The Bertz CT molecular complexity index is 712. The minimum atomic E-state index is 0.540. The molecule has 4 nitrogen and oxygen atoms in total. The first-order valence-electron chi connectivity index (χ1n) is 9.09. The van der Waals surface area contributed by atoms with Crippen molar-refractivity contribution in [2.75, 3.05) is 27.4 Å². The number of allylic oxidation sites excluding steroid dienone is 2. The van der Waals surface area contributed by atoms with Gasteiger partial charge in [-0.15, -0.1) is 0 Å². The van der Waals surface area contributed by atoms with Crippen LogP contribution in [-0.2, 0) is 0 Å². The lowest BCUT2D eigenvalue weighted by molar-refractivity contribution is 0.234. The molecule has 0 aliphatic heterocycles. The van der Waals surface area contributed by atoms with Gasteiger partial charge in [0.15, 0.2) is 23.0 Å². The van der Waals surface area contributed by atoms with Crippen LogP contribution in [0.4, 0.5) is 0 Å². The van der Waals surface area contributed by atoms with Gasteiger partial charge in [-0.05, 0) is 49.2 Å². The maximum atomic E-state index is 5.84. The molecule has 2 aromatic carbocycles. The summed E-state index contributed by atoms with van der Waals surface area (Å²) >= 11 is 0. The van der Waals surface area contributed by atoms with Crippen LogP contribution in [0.5, 0.6) is 23.0 Å². The van der Waals surface area contributed by atoms with E-state index in [9.17, 15) is 0 Å². The second-order valence-electron chi connectivity index (χ2n) is 5.87. The number of ether oxygens (including phenoxy) is 4. The summed E-state index contributed by atoms with van der Waals surface area (Å²) in [6.07, 6.45) is 8.78. The van der Waals surface area contributed by atoms with Crippen LogP contribution in [0.2, 0.25) is 0 Å². The fraction of sp³-hybridized carbons (Fsp3) is 0.304. The van der Waals surface area contributed by atoms with Gasteiger partial charge in [0.25, 0.3) is 0 Å². The van der Waals surface area contributed by atoms with Gasteiger partial charge in [0, 0.05) is 6.42 Å². The second-order valence-corrected chi connectivity index (χ2v) is 5.87. The van der Waals surface area contributed by atoms with E-state index in [1.165, 1.54) is 0 Å². The molecule has 0 fully saturated rings. The smallest absolute Gasteiger partial charge is 0.161 e. The molecule has 0 N–H and O–H groups in total. The Kier molecular flexibility index (Phi) is 8.30. The molecule has 0 saturated carbocycles. The molecule has 2 aromatic rings. The Labute approximate surface area is 162 Å². The summed E-state index contributed by atoms with van der Waals surface area (Å²) in [4.78, 5) is 0. The summed E-state index contributed by atoms with van der Waals surface area (Å²) in [7, 11) is 3.29. The van der Waals surface area contributed by atoms with Crippen LogP contribution in [0.15, 0.2) is 48.6 Å². The lowest BCUT2D eigenvalue weighted by atomic mass is 10.2. The van der Waals surface area contributed by atoms with Crippen LogP contribution in [0, 0.1) is 0 Å². The van der Waals surface area contributed by atoms with Gasteiger partial charge in [-0.1, -0.05) is 36.4 Å². The summed E-state index contributed by atoms with van der Waals surface area (Å²) in [6, 6.07) is 11.8. The monoisotopic (exact) mass is 368 g/mol. The molecule has 0 atom stereocenters. The van der Waals surface area contributed by atoms with Crippen LogP contribution in [0.1, 0.15) is 31.4 Å². The summed E-state index contributed by atoms with van der Waals surface area (Å²) < 4.78 is 22.5. The van der Waals surface area contributed by atoms with E-state index < -0.39 is 0 Å². The first-order valence-corrected chi connectivity index (χ1v) is 9.09. The van der Waals surface area contributed by atoms with Gasteiger partial charge >= 0.3 is 0 Å². The highest BCUT2D eigenvalue weighted by Crippen LogP contribution is 2.30. The van der Waals surface area contributed by atoms with E-state index in [0.29, 0.717) is 13.2 Å². The summed E-state index contributed by atoms with van der Waals surface area (Å²) in [5, 5.41) is 0. The summed E-state index contributed by atoms with van der Waals surface area (Å²) in [5.74, 6) is 2.93. The molecule has 0 bridgehead atoms. The Hall–Kier alpha value is -2.88. The molecule has 0 amide bonds. The van der Waals surface area contributed by atoms with Gasteiger partial charge in [0.1, 0.15) is 0 Å². The normalized spacial score (nSPS) is 11.1. The minimum absolute atomic E-state index is 0.540. The Morgan fingerprint density at radius 2 is 1.11 bits per heavy atom. The van der Waals surface area contributed by atoms with E-state index in [-0.39, 0.29) is 0 Å². The first kappa shape index (κ1) is 20.4. The van der Waals surface area contributed by atoms with Gasteiger partial charge in [-0.25, -0.2) is 0 Å². The van der Waals surface area contributed by atoms with Crippen molar-refractivity contribution in [1.82, 2.24) is 0 Å². The predicted molar refractivity (Wildman–Crippen MR) is 111 cm³/mol. The van der Waals surface area contributed by atoms with Crippen molar-refractivity contribution in [2.45, 2.75) is 20.3 Å². The quantitative estimate of drug-likeness (QED) is 0.510. The topological polar surface area (TPSA) is 36.9 Å². The van der Waals surface area contributed by atoms with Crippen LogP contribution in [0.25, 0.3) is 12.2 Å². The van der Waals surface area contributed by atoms with Gasteiger partial charge in [0.05, 0.1) is 27.4 Å². The highest BCUT2D eigenvalue weighted by molar-refractivity contribution is 5.56. The molecular weight excluding hydrogens is 340 g/mol. The van der Waals surface area contributed by atoms with Gasteiger partial charge in [-0.3, -0.25) is 0 Å². The van der Waals surface area contributed by atoms with E-state index in [4.69, 9.17) is 18.9 Å². The zero-order valence-electron chi connectivity index (χ0n) is 16.5. The van der Waals surface area contributed by atoms with Crippen LogP contribution >= 0.6 is 0 Å². The number of benzene rings is 2. The zero-order chi connectivity index (χ0) is 19.5. The largest absolute Gasteiger partial charge is 0.493 e. The third-order valence-corrected chi connectivity index (χ3v) is 3.90. The number of methoxy groups -OCH3 is 2. The number of hydrogen-bond donors (Lipinski definition) is 0. The fourth-order valence-corrected chi connectivity index (χ4v) is 2.62. The van der Waals surface area contributed by atoms with E-state index >= 15 is 0 Å². The molecule has 0 aliphatic rings. The maximum Gasteiger partial charge on any atom is 0.161 e. The van der Waals surface area contributed by atoms with Crippen molar-refractivity contribution in [3.05, 3.63) is 59.7 Å². The Morgan fingerprint density at radius 3 is 1.48 bits per heavy atom. The van der Waals surface area contributed by atoms with E-state index in [1.54, 1.807) is 14.2 Å². The lowest BCUT2D eigenvalue weighted by Gasteiger charge is -2.13. The number of rotatable bonds is 10. The molecule has 27 heavy (non-hydrogen) atoms. The lowest BCUT2D eigenvalue weighted by Crippen LogP contribution is -2.06. The van der Waals surface area contributed by atoms with Crippen molar-refractivity contribution in [1.29, 1.82) is 0 Å². The highest BCUT2D eigenvalue weighted by Gasteiger charge is 2.07. The molecule has 144 valence electrons. The summed E-state index contributed by atoms with van der Waals surface area (Å²) in [5.41, 5.74) is 2.16. The zero-order valence-corrected chi connectivity index (χ0v) is 16.5. The third-order valence-electron chi connectivity index (χ3n) is 3.90. The van der Waals surface area contributed by atoms with Gasteiger partial charge in [-0.2, -0.15) is 0 Å². The molecule has 0 radical (unpaired) electrons. The van der Waals surface area contributed by atoms with Crippen molar-refractivity contribution >= 4 is 12.2 Å². The van der Waals surface area contributed by atoms with E-state index in [2.05, 4.69) is 0 Å². The minimum Gasteiger partial charge on any atom is -0.493 e. The molecular formula is C23H28O4. The molecule has 4 heteroatoms. The molecule has 0 aliphatic carbocycles. The van der Waals surface area contributed by atoms with Crippen molar-refractivity contribution < 1.29 is 18.9 Å². The van der Waals surface area contributed by atoms with E-state index in [1.807, 2.05) is 74.5 Å². The third kappa shape index (κ3) is 6.10. The second kappa shape index (κ2) is 11.0. The van der Waals surface area contributed by atoms with E-state index in [0.717, 1.165) is 40.5 Å². The Morgan fingerprint density at radius 1 is 0.667 bits per heavy atom. The van der Waals surface area contributed by atoms with Gasteiger partial charge in [0.2, 0.25) is 0 Å². The summed E-state index contributed by atoms with van der Waals surface area (Å²) in [6.45, 7) is 5.05. The fourth-order valence-electron chi connectivity index (χ4n) is 2.62. The van der Waals surface area contributed by atoms with Crippen LogP contribution in [0.3, 0.4) is 0 Å². The van der Waals surface area contributed by atoms with Gasteiger partial charge < -0.3 is 18.9 Å². The highest BCUT2D eigenvalue weighted by atomic mass is 16.5. The molecule has 0 saturated heterocycles. The maximum absolute atomic E-state index is 5.84. The first-order chi connectivity index (χ1) is 13.2. The number of hydrogen-bond acceptors (Lipinski definition) is 4. The molecule has 0 spiro atoms. The van der Waals surface area contributed by atoms with Crippen LogP contribution < -0.4 is 18.9 Å². The Balaban J connectivity index is 1.85. The molecule has 0 heterocycles. The standard InChI is InChI=1S/C23H28O4/c1-5-8-18-10-12-20(22(16-18)24-3)26-14-7-15-27-21-13-11-19(9-6-2)17-23(21)25-4/h5-6,8-13,16-17H,7,14-15H2,1-4H3. The SMILES string of the molecule is CC=Cc1ccc(OCCCOc2ccc(C=CC)cc2OC)c(OC)c1. The average molecular weight is 368 g/mol. The van der Waals surface area contributed by atoms with Crippen molar-refractivity contribution in [2.24, 2.45) is 0 Å². The van der Waals surface area contributed by atoms with Crippen LogP contribution in [-0.4, -0.2) is 27.4 Å². The average Bonchev–Trinajstić information content (AvgIpc) is 2.69. The van der Waals surface area contributed by atoms with Crippen molar-refractivity contribution in [3.8, 4) is 23.0 Å². The molecule has 2 rings (SSSR count). The molecule has 0 unspecified atom stereocenters. The van der Waals surface area contributed by atoms with Crippen molar-refractivity contribution in [3.63, 3.8) is 0 Å². The molecule has 0 aromatic heterocycles. The predicted octanol–water partition coefficient (Wildman–Crippen LogP) is 5.62.